The maximum atomic E-state index is 13.0. The van der Waals surface area contributed by atoms with Crippen molar-refractivity contribution in [3.8, 4) is 0 Å². The van der Waals surface area contributed by atoms with Gasteiger partial charge in [0.2, 0.25) is 0 Å². The van der Waals surface area contributed by atoms with Gasteiger partial charge in [-0.25, -0.2) is 4.39 Å². The summed E-state index contributed by atoms with van der Waals surface area (Å²) >= 11 is 0. The molecule has 0 spiro atoms. The van der Waals surface area contributed by atoms with E-state index in [4.69, 9.17) is 0 Å². The highest BCUT2D eigenvalue weighted by Crippen LogP contribution is 2.19. The summed E-state index contributed by atoms with van der Waals surface area (Å²) in [6.07, 6.45) is 0. The first kappa shape index (κ1) is 13.3. The van der Waals surface area contributed by atoms with Gasteiger partial charge in [-0.15, -0.1) is 0 Å². The van der Waals surface area contributed by atoms with Gasteiger partial charge in [0.15, 0.2) is 0 Å². The minimum absolute atomic E-state index is 0.175. The van der Waals surface area contributed by atoms with E-state index in [0.29, 0.717) is 0 Å². The maximum absolute atomic E-state index is 13.0. The van der Waals surface area contributed by atoms with Crippen LogP contribution in [0.2, 0.25) is 0 Å². The third kappa shape index (κ3) is 3.24. The van der Waals surface area contributed by atoms with E-state index in [1.54, 1.807) is 0 Å². The Balaban J connectivity index is 1.66. The van der Waals surface area contributed by atoms with Crippen molar-refractivity contribution < 1.29 is 4.39 Å². The molecule has 2 nitrogen and oxygen atoms in total. The fourth-order valence-electron chi connectivity index (χ4n) is 2.71. The van der Waals surface area contributed by atoms with Crippen LogP contribution in [-0.4, -0.2) is 24.5 Å². The number of rotatable bonds is 3. The van der Waals surface area contributed by atoms with Crippen molar-refractivity contribution in [2.45, 2.75) is 12.6 Å². The Morgan fingerprint density at radius 1 is 1.05 bits per heavy atom. The van der Waals surface area contributed by atoms with Crippen LogP contribution in [0, 0.1) is 5.82 Å². The second-order valence-electron chi connectivity index (χ2n) is 5.28. The van der Waals surface area contributed by atoms with Crippen LogP contribution >= 0.6 is 0 Å². The molecule has 0 aliphatic carbocycles. The first-order valence-electron chi connectivity index (χ1n) is 7.06. The molecule has 3 heteroatoms. The Kier molecular flexibility index (Phi) is 4.09. The van der Waals surface area contributed by atoms with Gasteiger partial charge in [0.1, 0.15) is 5.82 Å². The highest BCUT2D eigenvalue weighted by atomic mass is 19.1. The first-order chi connectivity index (χ1) is 9.81. The summed E-state index contributed by atoms with van der Waals surface area (Å²) in [7, 11) is 0. The van der Waals surface area contributed by atoms with Gasteiger partial charge in [0.25, 0.3) is 0 Å². The van der Waals surface area contributed by atoms with E-state index >= 15 is 0 Å². The van der Waals surface area contributed by atoms with Crippen LogP contribution in [0.25, 0.3) is 0 Å². The lowest BCUT2D eigenvalue weighted by molar-refractivity contribution is 0.193. The zero-order chi connectivity index (χ0) is 13.8. The van der Waals surface area contributed by atoms with E-state index < -0.39 is 0 Å². The molecular weight excluding hydrogens is 251 g/mol. The highest BCUT2D eigenvalue weighted by Gasteiger charge is 2.20. The van der Waals surface area contributed by atoms with Gasteiger partial charge >= 0.3 is 0 Å². The van der Waals surface area contributed by atoms with Crippen LogP contribution in [-0.2, 0) is 6.54 Å². The molecule has 1 atom stereocenters. The standard InChI is InChI=1S/C17H19FN2/c18-16-8-6-15(7-9-16)17-13-20(11-10-19-17)12-14-4-2-1-3-5-14/h1-9,17,19H,10-13H2/t17-/m0/s1. The lowest BCUT2D eigenvalue weighted by atomic mass is 10.0. The van der Waals surface area contributed by atoms with Crippen molar-refractivity contribution in [1.82, 2.24) is 10.2 Å². The molecule has 20 heavy (non-hydrogen) atoms. The second kappa shape index (κ2) is 6.16. The van der Waals surface area contributed by atoms with Crippen molar-refractivity contribution in [2.24, 2.45) is 0 Å². The first-order valence-corrected chi connectivity index (χ1v) is 7.06. The van der Waals surface area contributed by atoms with Gasteiger partial charge in [-0.05, 0) is 23.3 Å². The van der Waals surface area contributed by atoms with Gasteiger partial charge < -0.3 is 5.32 Å². The molecule has 104 valence electrons. The van der Waals surface area contributed by atoms with E-state index in [1.165, 1.54) is 17.7 Å². The molecule has 1 saturated heterocycles. The van der Waals surface area contributed by atoms with E-state index in [2.05, 4.69) is 34.5 Å². The molecule has 0 saturated carbocycles. The topological polar surface area (TPSA) is 15.3 Å². The molecule has 1 aliphatic rings. The normalized spacial score (nSPS) is 19.9. The average Bonchev–Trinajstić information content (AvgIpc) is 2.49. The summed E-state index contributed by atoms with van der Waals surface area (Å²) in [5.41, 5.74) is 2.50. The van der Waals surface area contributed by atoms with Crippen LogP contribution < -0.4 is 5.32 Å². The van der Waals surface area contributed by atoms with E-state index in [-0.39, 0.29) is 11.9 Å². The Hall–Kier alpha value is -1.71. The molecule has 0 bridgehead atoms. The summed E-state index contributed by atoms with van der Waals surface area (Å²) in [5, 5.41) is 3.51. The molecule has 1 N–H and O–H groups in total. The van der Waals surface area contributed by atoms with Gasteiger partial charge in [-0.3, -0.25) is 4.90 Å². The number of nitrogens with one attached hydrogen (secondary N) is 1. The number of hydrogen-bond acceptors (Lipinski definition) is 2. The Labute approximate surface area is 119 Å². The summed E-state index contributed by atoms with van der Waals surface area (Å²) in [5.74, 6) is -0.175. The number of benzene rings is 2. The van der Waals surface area contributed by atoms with Gasteiger partial charge in [-0.1, -0.05) is 42.5 Å². The number of piperazine rings is 1. The zero-order valence-electron chi connectivity index (χ0n) is 11.4. The largest absolute Gasteiger partial charge is 0.308 e. The third-order valence-corrected chi connectivity index (χ3v) is 3.78. The van der Waals surface area contributed by atoms with Crippen LogP contribution in [0.3, 0.4) is 0 Å². The van der Waals surface area contributed by atoms with Crippen molar-refractivity contribution in [3.63, 3.8) is 0 Å². The lowest BCUT2D eigenvalue weighted by Gasteiger charge is -2.34. The van der Waals surface area contributed by atoms with Gasteiger partial charge in [-0.2, -0.15) is 0 Å². The van der Waals surface area contributed by atoms with Crippen LogP contribution in [0.5, 0.6) is 0 Å². The third-order valence-electron chi connectivity index (χ3n) is 3.78. The van der Waals surface area contributed by atoms with E-state index in [0.717, 1.165) is 31.7 Å². The Morgan fingerprint density at radius 3 is 2.55 bits per heavy atom. The summed E-state index contributed by atoms with van der Waals surface area (Å²) < 4.78 is 13.0. The summed E-state index contributed by atoms with van der Waals surface area (Å²) in [4.78, 5) is 2.44. The molecule has 0 aromatic heterocycles. The molecule has 0 radical (unpaired) electrons. The van der Waals surface area contributed by atoms with Crippen molar-refractivity contribution in [3.05, 3.63) is 71.5 Å². The number of hydrogen-bond donors (Lipinski definition) is 1. The van der Waals surface area contributed by atoms with E-state index in [1.807, 2.05) is 18.2 Å². The highest BCUT2D eigenvalue weighted by molar-refractivity contribution is 5.21. The molecule has 1 heterocycles. The zero-order valence-corrected chi connectivity index (χ0v) is 11.4. The smallest absolute Gasteiger partial charge is 0.123 e. The molecule has 2 aromatic carbocycles. The molecule has 1 aliphatic heterocycles. The minimum Gasteiger partial charge on any atom is -0.308 e. The fraction of sp³-hybridized carbons (Fsp3) is 0.294. The molecule has 2 aromatic rings. The Bertz CT molecular complexity index is 539. The Morgan fingerprint density at radius 2 is 1.80 bits per heavy atom. The van der Waals surface area contributed by atoms with Crippen molar-refractivity contribution >= 4 is 0 Å². The predicted octanol–water partition coefficient (Wildman–Crippen LogP) is 2.97. The van der Waals surface area contributed by atoms with Crippen LogP contribution in [0.15, 0.2) is 54.6 Å². The predicted molar refractivity (Wildman–Crippen MR) is 78.9 cm³/mol. The molecule has 3 rings (SSSR count). The van der Waals surface area contributed by atoms with Crippen molar-refractivity contribution in [2.75, 3.05) is 19.6 Å². The fourth-order valence-corrected chi connectivity index (χ4v) is 2.71. The summed E-state index contributed by atoms with van der Waals surface area (Å²) in [6.45, 7) is 3.95. The minimum atomic E-state index is -0.175. The van der Waals surface area contributed by atoms with Gasteiger partial charge in [0, 0.05) is 32.2 Å². The van der Waals surface area contributed by atoms with E-state index in [9.17, 15) is 4.39 Å². The lowest BCUT2D eigenvalue weighted by Crippen LogP contribution is -2.45. The number of nitrogens with zero attached hydrogens (tertiary/aromatic N) is 1. The quantitative estimate of drug-likeness (QED) is 0.922. The number of halogens is 1. The van der Waals surface area contributed by atoms with Crippen molar-refractivity contribution in [1.29, 1.82) is 0 Å². The van der Waals surface area contributed by atoms with Crippen LogP contribution in [0.4, 0.5) is 4.39 Å². The molecule has 0 unspecified atom stereocenters. The van der Waals surface area contributed by atoms with Crippen LogP contribution in [0.1, 0.15) is 17.2 Å². The monoisotopic (exact) mass is 270 g/mol. The SMILES string of the molecule is Fc1ccc([C@@H]2CN(Cc3ccccc3)CCN2)cc1. The average molecular weight is 270 g/mol. The maximum Gasteiger partial charge on any atom is 0.123 e. The molecular formula is C17H19FN2. The molecule has 1 fully saturated rings. The van der Waals surface area contributed by atoms with Gasteiger partial charge in [0.05, 0.1) is 0 Å². The second-order valence-corrected chi connectivity index (χ2v) is 5.28. The summed E-state index contributed by atoms with van der Waals surface area (Å²) in [6, 6.07) is 17.6. The molecule has 0 amide bonds.